The van der Waals surface area contributed by atoms with Crippen molar-refractivity contribution in [1.82, 2.24) is 0 Å². The zero-order valence-corrected chi connectivity index (χ0v) is 31.6. The van der Waals surface area contributed by atoms with Gasteiger partial charge in [0.1, 0.15) is 0 Å². The fourth-order valence-corrected chi connectivity index (χ4v) is 7.03. The van der Waals surface area contributed by atoms with Crippen molar-refractivity contribution in [3.05, 3.63) is 215 Å². The maximum absolute atomic E-state index is 6.25. The summed E-state index contributed by atoms with van der Waals surface area (Å²) in [6, 6.07) is 68.3. The second-order valence-electron chi connectivity index (χ2n) is 13.5. The van der Waals surface area contributed by atoms with Crippen molar-refractivity contribution in [3.63, 3.8) is 0 Å². The predicted molar refractivity (Wildman–Crippen MR) is 232 cm³/mol. The molecule has 0 fully saturated rings. The number of halogens is 2. The number of anilines is 6. The molecule has 0 aliphatic carbocycles. The SMILES string of the molecule is Cc1ccc(-c2ccc(N(c3ccc(-c4ccc(C)cc4)cc3)c3ccc(-c4ccc(N(c5ccc(Cl)cc5)c5ccc(Cl)cc5)cc4)cc3)cc2)cc1. The highest BCUT2D eigenvalue weighted by atomic mass is 35.5. The fraction of sp³-hybridized carbons (Fsp3) is 0.0400. The van der Waals surface area contributed by atoms with Crippen LogP contribution in [0, 0.1) is 13.8 Å². The van der Waals surface area contributed by atoms with Crippen LogP contribution in [0.1, 0.15) is 11.1 Å². The van der Waals surface area contributed by atoms with Crippen LogP contribution in [-0.2, 0) is 0 Å². The highest BCUT2D eigenvalue weighted by Gasteiger charge is 2.16. The minimum Gasteiger partial charge on any atom is -0.311 e. The summed E-state index contributed by atoms with van der Waals surface area (Å²) in [6.07, 6.45) is 0. The first-order valence-corrected chi connectivity index (χ1v) is 18.8. The van der Waals surface area contributed by atoms with Crippen LogP contribution in [0.3, 0.4) is 0 Å². The molecule has 0 aliphatic rings. The Kier molecular flexibility index (Phi) is 10.0. The van der Waals surface area contributed by atoms with Gasteiger partial charge in [-0.2, -0.15) is 0 Å². The maximum atomic E-state index is 6.25. The fourth-order valence-electron chi connectivity index (χ4n) is 6.78. The predicted octanol–water partition coefficient (Wildman–Crippen LogP) is 15.6. The van der Waals surface area contributed by atoms with Gasteiger partial charge in [0.05, 0.1) is 0 Å². The van der Waals surface area contributed by atoms with E-state index >= 15 is 0 Å². The Morgan fingerprint density at radius 2 is 0.407 bits per heavy atom. The summed E-state index contributed by atoms with van der Waals surface area (Å²) >= 11 is 12.5. The van der Waals surface area contributed by atoms with Gasteiger partial charge in [0.15, 0.2) is 0 Å². The van der Waals surface area contributed by atoms with Crippen molar-refractivity contribution < 1.29 is 0 Å². The van der Waals surface area contributed by atoms with Crippen LogP contribution >= 0.6 is 23.2 Å². The smallest absolute Gasteiger partial charge is 0.0462 e. The average molecular weight is 738 g/mol. The summed E-state index contributed by atoms with van der Waals surface area (Å²) < 4.78 is 0. The highest BCUT2D eigenvalue weighted by Crippen LogP contribution is 2.39. The first-order chi connectivity index (χ1) is 26.4. The van der Waals surface area contributed by atoms with E-state index in [4.69, 9.17) is 23.2 Å². The van der Waals surface area contributed by atoms with Crippen molar-refractivity contribution in [1.29, 1.82) is 0 Å². The van der Waals surface area contributed by atoms with Gasteiger partial charge in [0.2, 0.25) is 0 Å². The standard InChI is InChI=1S/C50H38Cl2N2/c1-35-3-7-37(8-4-35)39-11-23-45(24-12-39)53(46-25-13-40(14-26-46)38-9-5-36(2)6-10-38)47-27-15-41(16-28-47)42-17-29-48(30-18-42)54(49-31-19-43(51)20-32-49)50-33-21-44(52)22-34-50/h3-34H,1-2H3. The van der Waals surface area contributed by atoms with Gasteiger partial charge in [-0.25, -0.2) is 0 Å². The molecule has 2 nitrogen and oxygen atoms in total. The molecule has 0 heterocycles. The summed E-state index contributed by atoms with van der Waals surface area (Å²) in [7, 11) is 0. The number of benzene rings is 8. The van der Waals surface area contributed by atoms with Crippen LogP contribution in [0.5, 0.6) is 0 Å². The lowest BCUT2D eigenvalue weighted by molar-refractivity contribution is 1.28. The summed E-state index contributed by atoms with van der Waals surface area (Å²) in [5.74, 6) is 0. The van der Waals surface area contributed by atoms with Gasteiger partial charge in [0.25, 0.3) is 0 Å². The van der Waals surface area contributed by atoms with Crippen molar-refractivity contribution in [2.24, 2.45) is 0 Å². The second-order valence-corrected chi connectivity index (χ2v) is 14.4. The molecule has 0 aromatic heterocycles. The molecular weight excluding hydrogens is 699 g/mol. The van der Waals surface area contributed by atoms with Crippen LogP contribution in [0.2, 0.25) is 10.0 Å². The Hall–Kier alpha value is -6.06. The average Bonchev–Trinajstić information content (AvgIpc) is 3.21. The Bertz CT molecular complexity index is 2320. The molecule has 0 spiro atoms. The topological polar surface area (TPSA) is 6.48 Å². The van der Waals surface area contributed by atoms with Gasteiger partial charge >= 0.3 is 0 Å². The first-order valence-electron chi connectivity index (χ1n) is 18.0. The molecule has 54 heavy (non-hydrogen) atoms. The van der Waals surface area contributed by atoms with Gasteiger partial charge in [-0.1, -0.05) is 131 Å². The van der Waals surface area contributed by atoms with Gasteiger partial charge < -0.3 is 9.80 Å². The summed E-state index contributed by atoms with van der Waals surface area (Å²) in [5, 5.41) is 1.40. The highest BCUT2D eigenvalue weighted by molar-refractivity contribution is 6.31. The molecule has 0 N–H and O–H groups in total. The Morgan fingerprint density at radius 3 is 0.611 bits per heavy atom. The molecule has 0 unspecified atom stereocenters. The van der Waals surface area contributed by atoms with E-state index in [0.29, 0.717) is 10.0 Å². The Labute approximate surface area is 328 Å². The monoisotopic (exact) mass is 736 g/mol. The lowest BCUT2D eigenvalue weighted by atomic mass is 10.0. The van der Waals surface area contributed by atoms with E-state index in [1.165, 1.54) is 33.4 Å². The van der Waals surface area contributed by atoms with Gasteiger partial charge in [-0.05, 0) is 144 Å². The molecule has 8 rings (SSSR count). The minimum atomic E-state index is 0.700. The van der Waals surface area contributed by atoms with Crippen LogP contribution < -0.4 is 9.80 Å². The molecule has 0 aliphatic heterocycles. The molecule has 0 saturated heterocycles. The van der Waals surface area contributed by atoms with Crippen molar-refractivity contribution in [2.45, 2.75) is 13.8 Å². The number of aryl methyl sites for hydroxylation is 2. The third-order valence-corrected chi connectivity index (χ3v) is 10.3. The van der Waals surface area contributed by atoms with Crippen LogP contribution in [-0.4, -0.2) is 0 Å². The van der Waals surface area contributed by atoms with Crippen LogP contribution in [0.4, 0.5) is 34.1 Å². The summed E-state index contributed by atoms with van der Waals surface area (Å²) in [6.45, 7) is 4.24. The first kappa shape index (κ1) is 35.0. The van der Waals surface area contributed by atoms with E-state index in [1.807, 2.05) is 48.5 Å². The van der Waals surface area contributed by atoms with Crippen molar-refractivity contribution in [2.75, 3.05) is 9.80 Å². The van der Waals surface area contributed by atoms with Gasteiger partial charge in [-0.3, -0.25) is 0 Å². The van der Waals surface area contributed by atoms with Crippen LogP contribution in [0.15, 0.2) is 194 Å². The summed E-state index contributed by atoms with van der Waals surface area (Å²) in [5.41, 5.74) is 15.9. The molecule has 0 amide bonds. The largest absolute Gasteiger partial charge is 0.311 e. The molecule has 0 radical (unpaired) electrons. The number of hydrogen-bond acceptors (Lipinski definition) is 2. The molecule has 262 valence electrons. The van der Waals surface area contributed by atoms with E-state index in [1.54, 1.807) is 0 Å². The molecule has 0 atom stereocenters. The molecule has 0 bridgehead atoms. The normalized spacial score (nSPS) is 11.0. The van der Waals surface area contributed by atoms with E-state index in [9.17, 15) is 0 Å². The number of rotatable bonds is 9. The van der Waals surface area contributed by atoms with E-state index in [-0.39, 0.29) is 0 Å². The lowest BCUT2D eigenvalue weighted by Gasteiger charge is -2.26. The Balaban J connectivity index is 1.11. The Morgan fingerprint density at radius 1 is 0.241 bits per heavy atom. The van der Waals surface area contributed by atoms with Gasteiger partial charge in [0, 0.05) is 44.2 Å². The molecule has 0 saturated carbocycles. The van der Waals surface area contributed by atoms with Crippen molar-refractivity contribution in [3.8, 4) is 33.4 Å². The van der Waals surface area contributed by atoms with E-state index < -0.39 is 0 Å². The molecule has 4 heteroatoms. The quantitative estimate of drug-likeness (QED) is 0.146. The zero-order chi connectivity index (χ0) is 37.0. The minimum absolute atomic E-state index is 0.700. The zero-order valence-electron chi connectivity index (χ0n) is 30.1. The summed E-state index contributed by atoms with van der Waals surface area (Å²) in [4.78, 5) is 4.52. The number of hydrogen-bond donors (Lipinski definition) is 0. The third-order valence-electron chi connectivity index (χ3n) is 9.77. The lowest BCUT2D eigenvalue weighted by Crippen LogP contribution is -2.10. The van der Waals surface area contributed by atoms with Crippen molar-refractivity contribution >= 4 is 57.3 Å². The maximum Gasteiger partial charge on any atom is 0.0462 e. The third kappa shape index (κ3) is 7.68. The van der Waals surface area contributed by atoms with E-state index in [2.05, 4.69) is 169 Å². The molecular formula is C50H38Cl2N2. The van der Waals surface area contributed by atoms with E-state index in [0.717, 1.165) is 45.3 Å². The van der Waals surface area contributed by atoms with Crippen LogP contribution in [0.25, 0.3) is 33.4 Å². The second kappa shape index (κ2) is 15.5. The van der Waals surface area contributed by atoms with Gasteiger partial charge in [-0.15, -0.1) is 0 Å². The number of nitrogens with zero attached hydrogens (tertiary/aromatic N) is 2. The molecule has 8 aromatic carbocycles. The molecule has 8 aromatic rings.